The molecule has 2 aliphatic rings. The molecule has 10 heteroatoms. The summed E-state index contributed by atoms with van der Waals surface area (Å²) in [6, 6.07) is 7.97. The lowest BCUT2D eigenvalue weighted by atomic mass is 9.87. The van der Waals surface area contributed by atoms with E-state index in [0.717, 1.165) is 5.56 Å². The number of carboxylic acids is 1. The zero-order valence-corrected chi connectivity index (χ0v) is 17.8. The largest absolute Gasteiger partial charge is 0.480 e. The van der Waals surface area contributed by atoms with Crippen LogP contribution in [-0.4, -0.2) is 79.6 Å². The number of carbonyl (C=O) groups is 4. The van der Waals surface area contributed by atoms with Gasteiger partial charge in [0.25, 0.3) is 5.91 Å². The predicted molar refractivity (Wildman–Crippen MR) is 109 cm³/mol. The second-order valence-electron chi connectivity index (χ2n) is 7.92. The Labute approximate surface area is 178 Å². The number of carboxylic acid groups (broad SMARTS) is 1. The zero-order chi connectivity index (χ0) is 22.2. The number of fused-ring (bicyclic) bond motifs is 1. The number of amides is 3. The third kappa shape index (κ3) is 3.89. The van der Waals surface area contributed by atoms with Crippen molar-refractivity contribution in [1.82, 2.24) is 15.1 Å². The Bertz CT molecular complexity index is 861. The predicted octanol–water partition coefficient (Wildman–Crippen LogP) is -0.115. The van der Waals surface area contributed by atoms with Crippen molar-refractivity contribution in [1.29, 1.82) is 0 Å². The van der Waals surface area contributed by atoms with Crippen LogP contribution in [0.15, 0.2) is 30.3 Å². The number of aliphatic hydroxyl groups is 1. The maximum absolute atomic E-state index is 13.0. The van der Waals surface area contributed by atoms with Crippen molar-refractivity contribution in [3.8, 4) is 0 Å². The summed E-state index contributed by atoms with van der Waals surface area (Å²) in [5.74, 6) is -3.87. The fraction of sp³-hybridized carbons (Fsp3) is 0.500. The van der Waals surface area contributed by atoms with Crippen molar-refractivity contribution >= 4 is 35.5 Å². The minimum Gasteiger partial charge on any atom is -0.480 e. The molecule has 1 aromatic rings. The Balaban J connectivity index is 1.79. The molecule has 0 spiro atoms. The number of hydrogen-bond acceptors (Lipinski definition) is 6. The first-order valence-electron chi connectivity index (χ1n) is 9.52. The molecule has 0 bridgehead atoms. The van der Waals surface area contributed by atoms with Gasteiger partial charge in [-0.25, -0.2) is 4.79 Å². The van der Waals surface area contributed by atoms with E-state index in [-0.39, 0.29) is 13.1 Å². The first kappa shape index (κ1) is 22.1. The lowest BCUT2D eigenvalue weighted by molar-refractivity contribution is -0.173. The second-order valence-corrected chi connectivity index (χ2v) is 9.69. The average molecular weight is 436 g/mol. The molecule has 3 N–H and O–H groups in total. The van der Waals surface area contributed by atoms with Crippen molar-refractivity contribution in [2.75, 3.05) is 13.6 Å². The number of aliphatic carboxylic acids is 1. The number of likely N-dealkylation sites (N-methyl/N-ethyl adjacent to an activating group) is 1. The second kappa shape index (κ2) is 8.27. The molecule has 0 aliphatic carbocycles. The summed E-state index contributed by atoms with van der Waals surface area (Å²) in [7, 11) is 1.44. The number of nitrogens with zero attached hydrogens (tertiary/aromatic N) is 2. The molecule has 162 valence electrons. The molecule has 0 saturated carbocycles. The van der Waals surface area contributed by atoms with Crippen molar-refractivity contribution in [3.05, 3.63) is 35.9 Å². The number of hydrogen-bond donors (Lipinski definition) is 3. The zero-order valence-electron chi connectivity index (χ0n) is 16.9. The molecule has 0 radical (unpaired) electrons. The number of aliphatic hydroxyl groups excluding tert-OH is 1. The summed E-state index contributed by atoms with van der Waals surface area (Å²) >= 11 is 1.26. The first-order valence-corrected chi connectivity index (χ1v) is 10.4. The minimum absolute atomic E-state index is 0.0931. The Kier molecular flexibility index (Phi) is 6.09. The van der Waals surface area contributed by atoms with Crippen LogP contribution in [0.4, 0.5) is 0 Å². The molecule has 2 heterocycles. The van der Waals surface area contributed by atoms with Crippen LogP contribution >= 0.6 is 11.8 Å². The number of rotatable bonds is 7. The van der Waals surface area contributed by atoms with Crippen molar-refractivity contribution in [2.24, 2.45) is 5.92 Å². The van der Waals surface area contributed by atoms with Gasteiger partial charge in [-0.15, -0.1) is 11.8 Å². The van der Waals surface area contributed by atoms with Gasteiger partial charge in [-0.2, -0.15) is 0 Å². The van der Waals surface area contributed by atoms with Crippen LogP contribution in [0.1, 0.15) is 19.4 Å². The highest BCUT2D eigenvalue weighted by Gasteiger charge is 2.66. The topological polar surface area (TPSA) is 127 Å². The van der Waals surface area contributed by atoms with Crippen molar-refractivity contribution in [2.45, 2.75) is 42.7 Å². The molecule has 9 nitrogen and oxygen atoms in total. The Morgan fingerprint density at radius 2 is 1.90 bits per heavy atom. The van der Waals surface area contributed by atoms with Crippen LogP contribution in [0, 0.1) is 5.92 Å². The fourth-order valence-corrected chi connectivity index (χ4v) is 5.66. The Morgan fingerprint density at radius 3 is 2.47 bits per heavy atom. The van der Waals surface area contributed by atoms with Crippen molar-refractivity contribution < 1.29 is 29.4 Å². The number of benzene rings is 1. The summed E-state index contributed by atoms with van der Waals surface area (Å²) < 4.78 is -0.754. The highest BCUT2D eigenvalue weighted by Crippen LogP contribution is 2.54. The van der Waals surface area contributed by atoms with Gasteiger partial charge in [0, 0.05) is 18.3 Å². The van der Waals surface area contributed by atoms with E-state index in [9.17, 15) is 29.4 Å². The molecule has 2 aliphatic heterocycles. The van der Waals surface area contributed by atoms with Gasteiger partial charge in [-0.3, -0.25) is 14.4 Å². The third-order valence-corrected chi connectivity index (χ3v) is 7.04. The number of thioether (sulfide) groups is 1. The van der Waals surface area contributed by atoms with Crippen LogP contribution in [0.3, 0.4) is 0 Å². The minimum atomic E-state index is -1.66. The lowest BCUT2D eigenvalue weighted by Gasteiger charge is -2.45. The highest BCUT2D eigenvalue weighted by atomic mass is 32.2. The van der Waals surface area contributed by atoms with E-state index >= 15 is 0 Å². The first-order chi connectivity index (χ1) is 14.1. The number of nitrogens with one attached hydrogen (secondary N) is 1. The van der Waals surface area contributed by atoms with E-state index in [1.165, 1.54) is 28.6 Å². The van der Waals surface area contributed by atoms with E-state index in [2.05, 4.69) is 5.32 Å². The molecule has 2 saturated heterocycles. The Hall–Kier alpha value is -2.59. The smallest absolute Gasteiger partial charge is 0.327 e. The molecule has 4 atom stereocenters. The van der Waals surface area contributed by atoms with Gasteiger partial charge in [-0.05, 0) is 19.4 Å². The van der Waals surface area contributed by atoms with E-state index in [0.29, 0.717) is 0 Å². The number of β-lactam (4-membered cyclic amide) rings is 1. The van der Waals surface area contributed by atoms with Crippen LogP contribution in [0.25, 0.3) is 0 Å². The molecule has 3 rings (SSSR count). The van der Waals surface area contributed by atoms with Crippen LogP contribution in [-0.2, 0) is 25.7 Å². The monoisotopic (exact) mass is 435 g/mol. The summed E-state index contributed by atoms with van der Waals surface area (Å²) in [4.78, 5) is 51.7. The molecular formula is C20H25N3O6S. The van der Waals surface area contributed by atoms with Gasteiger partial charge in [0.1, 0.15) is 18.1 Å². The number of carbonyl (C=O) groups excluding carboxylic acids is 3. The fourth-order valence-electron chi connectivity index (χ4n) is 3.94. The van der Waals surface area contributed by atoms with E-state index in [1.807, 2.05) is 6.07 Å². The lowest BCUT2D eigenvalue weighted by Crippen LogP contribution is -2.67. The molecule has 2 fully saturated rings. The molecule has 30 heavy (non-hydrogen) atoms. The normalized spacial score (nSPS) is 25.1. The molecule has 3 amide bonds. The van der Waals surface area contributed by atoms with Gasteiger partial charge in [0.05, 0.1) is 11.9 Å². The van der Waals surface area contributed by atoms with E-state index < -0.39 is 51.9 Å². The van der Waals surface area contributed by atoms with E-state index in [4.69, 9.17) is 0 Å². The quantitative estimate of drug-likeness (QED) is 0.510. The molecule has 0 aromatic heterocycles. The summed E-state index contributed by atoms with van der Waals surface area (Å²) in [5, 5.41) is 22.1. The van der Waals surface area contributed by atoms with Gasteiger partial charge >= 0.3 is 5.97 Å². The van der Waals surface area contributed by atoms with Gasteiger partial charge in [-0.1, -0.05) is 30.3 Å². The summed E-state index contributed by atoms with van der Waals surface area (Å²) in [6.45, 7) is 3.27. The van der Waals surface area contributed by atoms with Crippen LogP contribution in [0.5, 0.6) is 0 Å². The highest BCUT2D eigenvalue weighted by molar-refractivity contribution is 8.01. The summed E-state index contributed by atoms with van der Waals surface area (Å²) in [5.41, 5.74) is 0.769. The maximum Gasteiger partial charge on any atom is 0.327 e. The third-order valence-electron chi connectivity index (χ3n) is 5.45. The Morgan fingerprint density at radius 1 is 1.27 bits per heavy atom. The molecule has 1 aromatic carbocycles. The standard InChI is InChI=1S/C20H25N3O6S/c1-20(2)15(19(28)29)23-16(26)13(18(23)30-20)14(25)17(27)22(10-12(24)21-3)9-11-7-5-4-6-8-11/h4-8,13-15,18,25H,9-10H2,1-3H3,(H,21,24)(H,28,29)/t13-,14+,15+,18-/m1/s1. The van der Waals surface area contributed by atoms with Gasteiger partial charge in [0.2, 0.25) is 11.8 Å². The van der Waals surface area contributed by atoms with Crippen molar-refractivity contribution in [3.63, 3.8) is 0 Å². The van der Waals surface area contributed by atoms with Crippen LogP contribution < -0.4 is 5.32 Å². The maximum atomic E-state index is 13.0. The molecular weight excluding hydrogens is 410 g/mol. The van der Waals surface area contributed by atoms with Gasteiger partial charge < -0.3 is 25.3 Å². The summed E-state index contributed by atoms with van der Waals surface area (Å²) in [6.07, 6.45) is -1.66. The molecule has 0 unspecified atom stereocenters. The average Bonchev–Trinajstić information content (AvgIpc) is 2.95. The van der Waals surface area contributed by atoms with E-state index in [1.54, 1.807) is 38.1 Å². The van der Waals surface area contributed by atoms with Crippen LogP contribution in [0.2, 0.25) is 0 Å². The van der Waals surface area contributed by atoms with Gasteiger partial charge in [0.15, 0.2) is 0 Å². The SMILES string of the molecule is CNC(=O)CN(Cc1ccccc1)C(=O)[C@@H](O)[C@@H]1C(=O)N2[C@@H]1SC(C)(C)[C@@H]2C(=O)O.